The van der Waals surface area contributed by atoms with E-state index in [4.69, 9.17) is 21.1 Å². The first kappa shape index (κ1) is 21.9. The molecule has 0 N–H and O–H groups in total. The number of carbonyl (C=O) groups excluding carboxylic acids is 1. The molecule has 4 heterocycles. The summed E-state index contributed by atoms with van der Waals surface area (Å²) in [7, 11) is -3.82. The van der Waals surface area contributed by atoms with Crippen molar-refractivity contribution in [1.82, 2.24) is 8.87 Å². The predicted molar refractivity (Wildman–Crippen MR) is 123 cm³/mol. The van der Waals surface area contributed by atoms with Crippen molar-refractivity contribution in [2.24, 2.45) is 4.99 Å². The van der Waals surface area contributed by atoms with Gasteiger partial charge in [0.15, 0.2) is 16.3 Å². The molecule has 2 aromatic heterocycles. The molecule has 0 spiro atoms. The summed E-state index contributed by atoms with van der Waals surface area (Å²) >= 11 is 8.32. The van der Waals surface area contributed by atoms with E-state index < -0.39 is 22.0 Å². The van der Waals surface area contributed by atoms with Gasteiger partial charge in [0.1, 0.15) is 10.3 Å². The number of halogens is 1. The molecular weight excluding hydrogens is 494 g/mol. The molecule has 1 amide bonds. The average molecular weight is 514 g/mol. The van der Waals surface area contributed by atoms with Gasteiger partial charge in [-0.05, 0) is 31.9 Å². The summed E-state index contributed by atoms with van der Waals surface area (Å²) < 4.78 is 42.0. The fourth-order valence-corrected chi connectivity index (χ4v) is 8.38. The average Bonchev–Trinajstić information content (AvgIpc) is 3.50. The zero-order chi connectivity index (χ0) is 22.5. The number of fused-ring (bicyclic) bond motifs is 2. The number of rotatable bonds is 4. The summed E-state index contributed by atoms with van der Waals surface area (Å²) in [5, 5.41) is 0. The van der Waals surface area contributed by atoms with Gasteiger partial charge in [-0.15, -0.1) is 11.3 Å². The number of piperidine rings is 1. The monoisotopic (exact) mass is 513 g/mol. The lowest BCUT2D eigenvalue weighted by atomic mass is 10.0. The molecule has 8 nitrogen and oxygen atoms in total. The Balaban J connectivity index is 1.53. The molecule has 1 unspecified atom stereocenters. The molecule has 2 aliphatic heterocycles. The summed E-state index contributed by atoms with van der Waals surface area (Å²) in [4.78, 5) is 18.2. The third-order valence-electron chi connectivity index (χ3n) is 5.55. The van der Waals surface area contributed by atoms with Crippen molar-refractivity contribution in [2.75, 3.05) is 13.3 Å². The molecule has 1 aromatic carbocycles. The lowest BCUT2D eigenvalue weighted by Crippen LogP contribution is -2.47. The van der Waals surface area contributed by atoms with Crippen LogP contribution in [0, 0.1) is 0 Å². The Morgan fingerprint density at radius 3 is 2.72 bits per heavy atom. The number of aryl methyl sites for hydroxylation is 1. The Bertz CT molecular complexity index is 1370. The number of sulfonamides is 1. The third kappa shape index (κ3) is 3.75. The number of amides is 1. The summed E-state index contributed by atoms with van der Waals surface area (Å²) in [6, 6.07) is 5.98. The Labute approximate surface area is 197 Å². The normalized spacial score (nSPS) is 19.7. The van der Waals surface area contributed by atoms with Crippen molar-refractivity contribution in [1.29, 1.82) is 0 Å². The van der Waals surface area contributed by atoms with Gasteiger partial charge in [-0.25, -0.2) is 8.42 Å². The Hall–Kier alpha value is -1.92. The molecule has 3 aromatic rings. The second-order valence-electron chi connectivity index (χ2n) is 7.44. The van der Waals surface area contributed by atoms with Crippen LogP contribution in [0.5, 0.6) is 11.5 Å². The van der Waals surface area contributed by atoms with Crippen LogP contribution in [-0.4, -0.2) is 42.6 Å². The third-order valence-corrected chi connectivity index (χ3v) is 10.2. The summed E-state index contributed by atoms with van der Waals surface area (Å²) in [6.45, 7) is 3.05. The Morgan fingerprint density at radius 2 is 2.00 bits per heavy atom. The summed E-state index contributed by atoms with van der Waals surface area (Å²) in [5.41, 5.74) is 0.898. The number of thiazole rings is 1. The van der Waals surface area contributed by atoms with Crippen LogP contribution in [0.1, 0.15) is 26.2 Å². The van der Waals surface area contributed by atoms with E-state index >= 15 is 0 Å². The standard InChI is InChI=1S/C20H20ClN3O5S3/c1-2-23-13-9-14-15(29-11-28-14)10-16(13)30-20(23)22-19(25)12-5-3-4-8-24(12)32(26,27)18-7-6-17(21)31-18/h6-7,9-10,12H,2-5,8,11H2,1H3. The Morgan fingerprint density at radius 1 is 1.22 bits per heavy atom. The number of carbonyl (C=O) groups is 1. The molecule has 0 bridgehead atoms. The van der Waals surface area contributed by atoms with Crippen LogP contribution in [-0.2, 0) is 21.4 Å². The second-order valence-corrected chi connectivity index (χ2v) is 12.3. The smallest absolute Gasteiger partial charge is 0.266 e. The second kappa shape index (κ2) is 8.45. The van der Waals surface area contributed by atoms with E-state index in [9.17, 15) is 13.2 Å². The Kier molecular flexibility index (Phi) is 5.79. The van der Waals surface area contributed by atoms with Crippen LogP contribution in [0.4, 0.5) is 0 Å². The molecule has 32 heavy (non-hydrogen) atoms. The van der Waals surface area contributed by atoms with E-state index in [0.29, 0.717) is 40.0 Å². The highest BCUT2D eigenvalue weighted by Crippen LogP contribution is 2.37. The van der Waals surface area contributed by atoms with E-state index in [0.717, 1.165) is 28.0 Å². The molecule has 2 aliphatic rings. The van der Waals surface area contributed by atoms with Crippen LogP contribution in [0.3, 0.4) is 0 Å². The van der Waals surface area contributed by atoms with Crippen LogP contribution < -0.4 is 14.3 Å². The van der Waals surface area contributed by atoms with Gasteiger partial charge in [0.2, 0.25) is 6.79 Å². The number of aromatic nitrogens is 1. The molecule has 0 radical (unpaired) electrons. The molecule has 5 rings (SSSR count). The van der Waals surface area contributed by atoms with E-state index in [-0.39, 0.29) is 17.5 Å². The zero-order valence-corrected chi connectivity index (χ0v) is 20.3. The number of hydrogen-bond acceptors (Lipinski definition) is 7. The molecule has 0 saturated carbocycles. The zero-order valence-electron chi connectivity index (χ0n) is 17.1. The molecule has 12 heteroatoms. The van der Waals surface area contributed by atoms with E-state index in [1.54, 1.807) is 6.07 Å². The number of ether oxygens (including phenoxy) is 2. The van der Waals surface area contributed by atoms with Crippen LogP contribution in [0.15, 0.2) is 33.5 Å². The van der Waals surface area contributed by atoms with Crippen molar-refractivity contribution in [3.8, 4) is 11.5 Å². The van der Waals surface area contributed by atoms with Crippen LogP contribution in [0.25, 0.3) is 10.2 Å². The highest BCUT2D eigenvalue weighted by Gasteiger charge is 2.38. The maximum absolute atomic E-state index is 13.3. The van der Waals surface area contributed by atoms with E-state index in [2.05, 4.69) is 4.99 Å². The summed E-state index contributed by atoms with van der Waals surface area (Å²) in [5.74, 6) is 0.873. The number of nitrogens with zero attached hydrogens (tertiary/aromatic N) is 3. The van der Waals surface area contributed by atoms with Crippen molar-refractivity contribution in [3.63, 3.8) is 0 Å². The minimum atomic E-state index is -3.82. The van der Waals surface area contributed by atoms with Crippen molar-refractivity contribution in [3.05, 3.63) is 33.4 Å². The van der Waals surface area contributed by atoms with Crippen molar-refractivity contribution < 1.29 is 22.7 Å². The molecule has 1 saturated heterocycles. The van der Waals surface area contributed by atoms with Gasteiger partial charge >= 0.3 is 0 Å². The van der Waals surface area contributed by atoms with Crippen molar-refractivity contribution >= 4 is 60.4 Å². The lowest BCUT2D eigenvalue weighted by Gasteiger charge is -2.31. The highest BCUT2D eigenvalue weighted by molar-refractivity contribution is 7.91. The van der Waals surface area contributed by atoms with Gasteiger partial charge in [-0.2, -0.15) is 9.30 Å². The topological polar surface area (TPSA) is 90.2 Å². The van der Waals surface area contributed by atoms with Gasteiger partial charge in [0, 0.05) is 25.2 Å². The highest BCUT2D eigenvalue weighted by atomic mass is 35.5. The van der Waals surface area contributed by atoms with Gasteiger partial charge < -0.3 is 14.0 Å². The van der Waals surface area contributed by atoms with Crippen molar-refractivity contribution in [2.45, 2.75) is 43.0 Å². The first-order valence-electron chi connectivity index (χ1n) is 10.2. The molecule has 0 aliphatic carbocycles. The molecule has 1 atom stereocenters. The number of thiophene rings is 1. The van der Waals surface area contributed by atoms with E-state index in [1.165, 1.54) is 21.7 Å². The lowest BCUT2D eigenvalue weighted by molar-refractivity contribution is -0.122. The number of benzene rings is 1. The molecule has 1 fully saturated rings. The first-order chi connectivity index (χ1) is 15.4. The molecule has 170 valence electrons. The van der Waals surface area contributed by atoms with Gasteiger partial charge in [0.05, 0.1) is 14.6 Å². The largest absolute Gasteiger partial charge is 0.454 e. The minimum Gasteiger partial charge on any atom is -0.454 e. The maximum Gasteiger partial charge on any atom is 0.266 e. The van der Waals surface area contributed by atoms with Gasteiger partial charge in [0.25, 0.3) is 15.9 Å². The fourth-order valence-electron chi connectivity index (χ4n) is 4.01. The van der Waals surface area contributed by atoms with E-state index in [1.807, 2.05) is 23.6 Å². The predicted octanol–water partition coefficient (Wildman–Crippen LogP) is 3.84. The van der Waals surface area contributed by atoms with Gasteiger partial charge in [-0.3, -0.25) is 4.79 Å². The SMILES string of the molecule is CCn1c(=NC(=O)C2CCCCN2S(=O)(=O)c2ccc(Cl)s2)sc2cc3c(cc21)OCO3. The summed E-state index contributed by atoms with van der Waals surface area (Å²) in [6.07, 6.45) is 1.91. The van der Waals surface area contributed by atoms with Crippen LogP contribution in [0.2, 0.25) is 4.34 Å². The molecular formula is C20H20ClN3O5S3. The quantitative estimate of drug-likeness (QED) is 0.528. The fraction of sp³-hybridized carbons (Fsp3) is 0.400. The first-order valence-corrected chi connectivity index (χ1v) is 13.6. The minimum absolute atomic E-state index is 0.141. The maximum atomic E-state index is 13.3. The van der Waals surface area contributed by atoms with Gasteiger partial charge in [-0.1, -0.05) is 29.4 Å². The number of hydrogen-bond donors (Lipinski definition) is 0. The van der Waals surface area contributed by atoms with Crippen LogP contribution >= 0.6 is 34.3 Å².